The molecule has 4 heteroatoms. The molecular weight excluding hydrogens is 176 g/mol. The van der Waals surface area contributed by atoms with E-state index in [1.54, 1.807) is 0 Å². The van der Waals surface area contributed by atoms with Crippen LogP contribution in [0.3, 0.4) is 0 Å². The summed E-state index contributed by atoms with van der Waals surface area (Å²) in [5, 5.41) is 0. The topological polar surface area (TPSA) is 35.2 Å². The van der Waals surface area contributed by atoms with Crippen LogP contribution in [-0.4, -0.2) is 13.7 Å². The number of ether oxygens (including phenoxy) is 1. The van der Waals surface area contributed by atoms with Gasteiger partial charge < -0.3 is 10.5 Å². The van der Waals surface area contributed by atoms with Crippen molar-refractivity contribution in [1.82, 2.24) is 0 Å². The van der Waals surface area contributed by atoms with Crippen LogP contribution in [0.4, 0.5) is 8.78 Å². The average Bonchev–Trinajstić information content (AvgIpc) is 2.13. The molecule has 1 atom stereocenters. The summed E-state index contributed by atoms with van der Waals surface area (Å²) in [6, 6.07) is 3.61. The molecule has 0 aromatic heterocycles. The van der Waals surface area contributed by atoms with Gasteiger partial charge in [0, 0.05) is 13.7 Å². The minimum absolute atomic E-state index is 0.238. The van der Waals surface area contributed by atoms with Crippen molar-refractivity contribution in [2.45, 2.75) is 6.10 Å². The van der Waals surface area contributed by atoms with Gasteiger partial charge in [-0.15, -0.1) is 0 Å². The molecule has 1 unspecified atom stereocenters. The number of halogens is 2. The van der Waals surface area contributed by atoms with E-state index in [4.69, 9.17) is 10.5 Å². The Morgan fingerprint density at radius 1 is 1.38 bits per heavy atom. The standard InChI is InChI=1S/C9H11F2NO/c1-13-9(5-12)6-2-3-7(10)8(11)4-6/h2-4,9H,5,12H2,1H3. The molecule has 0 aliphatic heterocycles. The quantitative estimate of drug-likeness (QED) is 0.780. The van der Waals surface area contributed by atoms with Crippen molar-refractivity contribution in [2.24, 2.45) is 5.73 Å². The van der Waals surface area contributed by atoms with E-state index in [9.17, 15) is 8.78 Å². The maximum atomic E-state index is 12.7. The molecule has 72 valence electrons. The molecule has 0 saturated carbocycles. The van der Waals surface area contributed by atoms with Gasteiger partial charge in [0.25, 0.3) is 0 Å². The summed E-state index contributed by atoms with van der Waals surface area (Å²) in [6.07, 6.45) is -0.380. The summed E-state index contributed by atoms with van der Waals surface area (Å²) < 4.78 is 30.2. The van der Waals surface area contributed by atoms with Crippen LogP contribution in [0.25, 0.3) is 0 Å². The second-order valence-electron chi connectivity index (χ2n) is 2.63. The molecule has 13 heavy (non-hydrogen) atoms. The van der Waals surface area contributed by atoms with Gasteiger partial charge in [-0.1, -0.05) is 6.07 Å². The smallest absolute Gasteiger partial charge is 0.159 e. The Labute approximate surface area is 75.3 Å². The van der Waals surface area contributed by atoms with E-state index in [2.05, 4.69) is 0 Å². The highest BCUT2D eigenvalue weighted by Gasteiger charge is 2.10. The molecule has 1 aromatic carbocycles. The first-order valence-corrected chi connectivity index (χ1v) is 3.87. The molecule has 1 aromatic rings. The second-order valence-corrected chi connectivity index (χ2v) is 2.63. The molecule has 0 aliphatic carbocycles. The maximum Gasteiger partial charge on any atom is 0.159 e. The molecule has 0 spiro atoms. The maximum absolute atomic E-state index is 12.7. The van der Waals surface area contributed by atoms with Crippen LogP contribution in [0.1, 0.15) is 11.7 Å². The van der Waals surface area contributed by atoms with Crippen molar-refractivity contribution >= 4 is 0 Å². The van der Waals surface area contributed by atoms with E-state index >= 15 is 0 Å². The SMILES string of the molecule is COC(CN)c1ccc(F)c(F)c1. The van der Waals surface area contributed by atoms with Crippen LogP contribution in [0, 0.1) is 11.6 Å². The van der Waals surface area contributed by atoms with Gasteiger partial charge in [0.2, 0.25) is 0 Å². The predicted octanol–water partition coefficient (Wildman–Crippen LogP) is 1.61. The van der Waals surface area contributed by atoms with E-state index in [0.717, 1.165) is 12.1 Å². The zero-order valence-corrected chi connectivity index (χ0v) is 7.26. The number of benzene rings is 1. The summed E-state index contributed by atoms with van der Waals surface area (Å²) >= 11 is 0. The highest BCUT2D eigenvalue weighted by molar-refractivity contribution is 5.20. The van der Waals surface area contributed by atoms with Gasteiger partial charge in [-0.25, -0.2) is 8.78 Å². The lowest BCUT2D eigenvalue weighted by molar-refractivity contribution is 0.110. The van der Waals surface area contributed by atoms with E-state index in [-0.39, 0.29) is 12.6 Å². The number of methoxy groups -OCH3 is 1. The van der Waals surface area contributed by atoms with Gasteiger partial charge in [-0.2, -0.15) is 0 Å². The van der Waals surface area contributed by atoms with Gasteiger partial charge >= 0.3 is 0 Å². The highest BCUT2D eigenvalue weighted by atomic mass is 19.2. The van der Waals surface area contributed by atoms with Gasteiger partial charge in [0.15, 0.2) is 11.6 Å². The van der Waals surface area contributed by atoms with Gasteiger partial charge in [0.1, 0.15) is 0 Å². The Kier molecular flexibility index (Phi) is 3.33. The lowest BCUT2D eigenvalue weighted by Gasteiger charge is -2.12. The fourth-order valence-corrected chi connectivity index (χ4v) is 1.08. The molecule has 0 radical (unpaired) electrons. The van der Waals surface area contributed by atoms with Crippen LogP contribution < -0.4 is 5.73 Å². The fraction of sp³-hybridized carbons (Fsp3) is 0.333. The van der Waals surface area contributed by atoms with Gasteiger partial charge in [-0.05, 0) is 17.7 Å². The summed E-state index contributed by atoms with van der Waals surface area (Å²) in [7, 11) is 1.47. The summed E-state index contributed by atoms with van der Waals surface area (Å²) in [5.74, 6) is -1.75. The number of hydrogen-bond acceptors (Lipinski definition) is 2. The third kappa shape index (κ3) is 2.23. The first-order valence-electron chi connectivity index (χ1n) is 3.87. The molecule has 1 rings (SSSR count). The van der Waals surface area contributed by atoms with Gasteiger partial charge in [-0.3, -0.25) is 0 Å². The third-order valence-corrected chi connectivity index (χ3v) is 1.81. The molecule has 0 fully saturated rings. The van der Waals surface area contributed by atoms with Crippen LogP contribution >= 0.6 is 0 Å². The molecule has 0 bridgehead atoms. The number of rotatable bonds is 3. The molecule has 0 aliphatic rings. The Morgan fingerprint density at radius 3 is 2.54 bits per heavy atom. The predicted molar refractivity (Wildman–Crippen MR) is 45.2 cm³/mol. The van der Waals surface area contributed by atoms with Crippen LogP contribution in [0.15, 0.2) is 18.2 Å². The Bertz CT molecular complexity index is 287. The summed E-state index contributed by atoms with van der Waals surface area (Å²) in [4.78, 5) is 0. The lowest BCUT2D eigenvalue weighted by Crippen LogP contribution is -2.14. The fourth-order valence-electron chi connectivity index (χ4n) is 1.08. The first kappa shape index (κ1) is 10.1. The number of nitrogens with two attached hydrogens (primary N) is 1. The third-order valence-electron chi connectivity index (χ3n) is 1.81. The average molecular weight is 187 g/mol. The monoisotopic (exact) mass is 187 g/mol. The molecule has 0 saturated heterocycles. The van der Waals surface area contributed by atoms with Crippen molar-refractivity contribution in [3.05, 3.63) is 35.4 Å². The largest absolute Gasteiger partial charge is 0.375 e. The van der Waals surface area contributed by atoms with Crippen molar-refractivity contribution in [1.29, 1.82) is 0 Å². The van der Waals surface area contributed by atoms with Crippen molar-refractivity contribution < 1.29 is 13.5 Å². The van der Waals surface area contributed by atoms with Crippen molar-refractivity contribution in [3.8, 4) is 0 Å². The number of hydrogen-bond donors (Lipinski definition) is 1. The van der Waals surface area contributed by atoms with E-state index in [1.807, 2.05) is 0 Å². The highest BCUT2D eigenvalue weighted by Crippen LogP contribution is 2.17. The minimum Gasteiger partial charge on any atom is -0.375 e. The normalized spacial score (nSPS) is 12.9. The summed E-state index contributed by atoms with van der Waals surface area (Å²) in [5.41, 5.74) is 5.91. The van der Waals surface area contributed by atoms with E-state index in [0.29, 0.717) is 5.56 Å². The lowest BCUT2D eigenvalue weighted by atomic mass is 10.1. The van der Waals surface area contributed by atoms with Crippen LogP contribution in [-0.2, 0) is 4.74 Å². The minimum atomic E-state index is -0.881. The Hall–Kier alpha value is -1.00. The summed E-state index contributed by atoms with van der Waals surface area (Å²) in [6.45, 7) is 0.238. The Morgan fingerprint density at radius 2 is 2.08 bits per heavy atom. The molecule has 0 heterocycles. The van der Waals surface area contributed by atoms with Crippen molar-refractivity contribution in [3.63, 3.8) is 0 Å². The van der Waals surface area contributed by atoms with E-state index in [1.165, 1.54) is 13.2 Å². The second kappa shape index (κ2) is 4.30. The van der Waals surface area contributed by atoms with E-state index < -0.39 is 11.6 Å². The van der Waals surface area contributed by atoms with Crippen LogP contribution in [0.5, 0.6) is 0 Å². The zero-order valence-electron chi connectivity index (χ0n) is 7.26. The van der Waals surface area contributed by atoms with Crippen LogP contribution in [0.2, 0.25) is 0 Å². The molecule has 0 amide bonds. The zero-order chi connectivity index (χ0) is 9.84. The van der Waals surface area contributed by atoms with Gasteiger partial charge in [0.05, 0.1) is 6.10 Å². The van der Waals surface area contributed by atoms with Crippen molar-refractivity contribution in [2.75, 3.05) is 13.7 Å². The molecule has 2 nitrogen and oxygen atoms in total. The first-order chi connectivity index (χ1) is 6.19. The molecule has 2 N–H and O–H groups in total. The molecular formula is C9H11F2NO. The Balaban J connectivity index is 2.95.